The van der Waals surface area contributed by atoms with Gasteiger partial charge in [0.15, 0.2) is 0 Å². The number of carbonyl (C=O) groups is 2. The van der Waals surface area contributed by atoms with Crippen LogP contribution in [0.5, 0.6) is 0 Å². The SMILES string of the molecule is CNC(=O)CNC(=O)C1(N)CCCCC1. The summed E-state index contributed by atoms with van der Waals surface area (Å²) in [6.45, 7) is 0.00822. The van der Waals surface area contributed by atoms with Crippen LogP contribution in [0, 0.1) is 0 Å². The predicted octanol–water partition coefficient (Wildman–Crippen LogP) is -0.490. The molecule has 1 rings (SSSR count). The van der Waals surface area contributed by atoms with E-state index in [-0.39, 0.29) is 18.4 Å². The molecule has 0 heterocycles. The van der Waals surface area contributed by atoms with Crippen molar-refractivity contribution < 1.29 is 9.59 Å². The molecule has 1 saturated carbocycles. The monoisotopic (exact) mass is 213 g/mol. The van der Waals surface area contributed by atoms with E-state index in [4.69, 9.17) is 5.73 Å². The average Bonchev–Trinajstić information content (AvgIpc) is 2.26. The molecule has 0 bridgehead atoms. The lowest BCUT2D eigenvalue weighted by molar-refractivity contribution is -0.130. The smallest absolute Gasteiger partial charge is 0.240 e. The number of nitrogens with two attached hydrogens (primary N) is 1. The van der Waals surface area contributed by atoms with E-state index in [1.165, 1.54) is 7.05 Å². The summed E-state index contributed by atoms with van der Waals surface area (Å²) in [5.41, 5.74) is 5.23. The van der Waals surface area contributed by atoms with E-state index in [0.717, 1.165) is 19.3 Å². The Morgan fingerprint density at radius 3 is 2.40 bits per heavy atom. The van der Waals surface area contributed by atoms with Gasteiger partial charge in [0.1, 0.15) is 0 Å². The van der Waals surface area contributed by atoms with Crippen molar-refractivity contribution in [1.29, 1.82) is 0 Å². The van der Waals surface area contributed by atoms with Crippen LogP contribution in [0.25, 0.3) is 0 Å². The molecule has 0 atom stereocenters. The third-order valence-electron chi connectivity index (χ3n) is 2.89. The summed E-state index contributed by atoms with van der Waals surface area (Å²) in [6, 6.07) is 0. The maximum absolute atomic E-state index is 11.7. The molecule has 0 saturated heterocycles. The molecule has 0 aromatic rings. The van der Waals surface area contributed by atoms with E-state index in [2.05, 4.69) is 10.6 Å². The summed E-state index contributed by atoms with van der Waals surface area (Å²) in [4.78, 5) is 22.7. The molecule has 0 unspecified atom stereocenters. The molecule has 5 nitrogen and oxygen atoms in total. The van der Waals surface area contributed by atoms with E-state index >= 15 is 0 Å². The van der Waals surface area contributed by atoms with E-state index in [0.29, 0.717) is 12.8 Å². The minimum absolute atomic E-state index is 0.00822. The van der Waals surface area contributed by atoms with Gasteiger partial charge in [-0.05, 0) is 12.8 Å². The summed E-state index contributed by atoms with van der Waals surface area (Å²) < 4.78 is 0. The van der Waals surface area contributed by atoms with Crippen LogP contribution in [-0.4, -0.2) is 30.9 Å². The molecule has 0 aromatic heterocycles. The van der Waals surface area contributed by atoms with Crippen LogP contribution in [0.15, 0.2) is 0 Å². The summed E-state index contributed by atoms with van der Waals surface area (Å²) in [5, 5.41) is 5.01. The van der Waals surface area contributed by atoms with E-state index in [9.17, 15) is 9.59 Å². The molecule has 1 aliphatic carbocycles. The third-order valence-corrected chi connectivity index (χ3v) is 2.89. The third kappa shape index (κ3) is 3.20. The van der Waals surface area contributed by atoms with Crippen LogP contribution in [0.1, 0.15) is 32.1 Å². The van der Waals surface area contributed by atoms with Crippen molar-refractivity contribution in [3.05, 3.63) is 0 Å². The fourth-order valence-electron chi connectivity index (χ4n) is 1.83. The second kappa shape index (κ2) is 5.11. The zero-order valence-corrected chi connectivity index (χ0v) is 9.14. The highest BCUT2D eigenvalue weighted by atomic mass is 16.2. The highest BCUT2D eigenvalue weighted by molar-refractivity contribution is 5.90. The first kappa shape index (κ1) is 12.0. The number of carbonyl (C=O) groups excluding carboxylic acids is 2. The number of hydrogen-bond acceptors (Lipinski definition) is 3. The number of hydrogen-bond donors (Lipinski definition) is 3. The topological polar surface area (TPSA) is 84.2 Å². The van der Waals surface area contributed by atoms with Gasteiger partial charge in [-0.3, -0.25) is 9.59 Å². The molecule has 4 N–H and O–H groups in total. The molecule has 86 valence electrons. The molecule has 2 amide bonds. The van der Waals surface area contributed by atoms with Crippen molar-refractivity contribution in [1.82, 2.24) is 10.6 Å². The summed E-state index contributed by atoms with van der Waals surface area (Å²) in [6.07, 6.45) is 4.55. The van der Waals surface area contributed by atoms with Crippen LogP contribution in [0.4, 0.5) is 0 Å². The fourth-order valence-corrected chi connectivity index (χ4v) is 1.83. The van der Waals surface area contributed by atoms with Gasteiger partial charge in [-0.25, -0.2) is 0 Å². The minimum atomic E-state index is -0.758. The average molecular weight is 213 g/mol. The van der Waals surface area contributed by atoms with Crippen molar-refractivity contribution in [2.75, 3.05) is 13.6 Å². The van der Waals surface area contributed by atoms with Crippen molar-refractivity contribution in [3.8, 4) is 0 Å². The van der Waals surface area contributed by atoms with Gasteiger partial charge in [0.05, 0.1) is 12.1 Å². The van der Waals surface area contributed by atoms with Gasteiger partial charge in [-0.1, -0.05) is 19.3 Å². The Kier molecular flexibility index (Phi) is 4.08. The Hall–Kier alpha value is -1.10. The summed E-state index contributed by atoms with van der Waals surface area (Å²) >= 11 is 0. The van der Waals surface area contributed by atoms with Crippen LogP contribution in [0.2, 0.25) is 0 Å². The van der Waals surface area contributed by atoms with Crippen molar-refractivity contribution in [3.63, 3.8) is 0 Å². The van der Waals surface area contributed by atoms with Gasteiger partial charge in [-0.15, -0.1) is 0 Å². The van der Waals surface area contributed by atoms with Gasteiger partial charge < -0.3 is 16.4 Å². The van der Waals surface area contributed by atoms with Gasteiger partial charge in [0, 0.05) is 7.05 Å². The van der Waals surface area contributed by atoms with Crippen molar-refractivity contribution >= 4 is 11.8 Å². The number of nitrogens with one attached hydrogen (secondary N) is 2. The van der Waals surface area contributed by atoms with E-state index < -0.39 is 5.54 Å². The molecule has 5 heteroatoms. The first-order valence-electron chi connectivity index (χ1n) is 5.36. The number of likely N-dealkylation sites (N-methyl/N-ethyl adjacent to an activating group) is 1. The first-order valence-corrected chi connectivity index (χ1v) is 5.36. The molecule has 15 heavy (non-hydrogen) atoms. The standard InChI is InChI=1S/C10H19N3O2/c1-12-8(14)7-13-9(15)10(11)5-3-2-4-6-10/h2-7,11H2,1H3,(H,12,14)(H,13,15). The normalized spacial score (nSPS) is 19.3. The van der Waals surface area contributed by atoms with E-state index in [1.54, 1.807) is 0 Å². The van der Waals surface area contributed by atoms with E-state index in [1.807, 2.05) is 0 Å². The second-order valence-corrected chi connectivity index (χ2v) is 4.07. The summed E-state index contributed by atoms with van der Waals surface area (Å²) in [5.74, 6) is -0.409. The first-order chi connectivity index (χ1) is 7.08. The maximum Gasteiger partial charge on any atom is 0.240 e. The molecule has 1 aliphatic rings. The Balaban J connectivity index is 2.41. The minimum Gasteiger partial charge on any atom is -0.358 e. The highest BCUT2D eigenvalue weighted by Gasteiger charge is 2.35. The second-order valence-electron chi connectivity index (χ2n) is 4.07. The zero-order chi connectivity index (χ0) is 11.3. The van der Waals surface area contributed by atoms with Crippen LogP contribution in [-0.2, 0) is 9.59 Å². The Bertz CT molecular complexity index is 247. The highest BCUT2D eigenvalue weighted by Crippen LogP contribution is 2.25. The number of amides is 2. The van der Waals surface area contributed by atoms with Crippen molar-refractivity contribution in [2.45, 2.75) is 37.6 Å². The quantitative estimate of drug-likeness (QED) is 0.591. The maximum atomic E-state index is 11.7. The number of rotatable bonds is 3. The van der Waals surface area contributed by atoms with Crippen LogP contribution in [0.3, 0.4) is 0 Å². The van der Waals surface area contributed by atoms with Gasteiger partial charge in [0.2, 0.25) is 11.8 Å². The van der Waals surface area contributed by atoms with Gasteiger partial charge in [0.25, 0.3) is 0 Å². The van der Waals surface area contributed by atoms with Gasteiger partial charge in [-0.2, -0.15) is 0 Å². The largest absolute Gasteiger partial charge is 0.358 e. The van der Waals surface area contributed by atoms with Gasteiger partial charge >= 0.3 is 0 Å². The lowest BCUT2D eigenvalue weighted by Crippen LogP contribution is -2.56. The van der Waals surface area contributed by atoms with Crippen LogP contribution < -0.4 is 16.4 Å². The summed E-state index contributed by atoms with van der Waals surface area (Å²) in [7, 11) is 1.54. The lowest BCUT2D eigenvalue weighted by Gasteiger charge is -2.31. The Morgan fingerprint density at radius 1 is 1.27 bits per heavy atom. The Labute approximate surface area is 89.8 Å². The zero-order valence-electron chi connectivity index (χ0n) is 9.14. The van der Waals surface area contributed by atoms with Crippen molar-refractivity contribution in [2.24, 2.45) is 5.73 Å². The fraction of sp³-hybridized carbons (Fsp3) is 0.800. The van der Waals surface area contributed by atoms with Crippen LogP contribution >= 0.6 is 0 Å². The molecular formula is C10H19N3O2. The molecular weight excluding hydrogens is 194 g/mol. The molecule has 0 aromatic carbocycles. The lowest BCUT2D eigenvalue weighted by atomic mass is 9.82. The molecule has 0 aliphatic heterocycles. The molecule has 0 spiro atoms. The molecule has 1 fully saturated rings. The molecule has 0 radical (unpaired) electrons. The Morgan fingerprint density at radius 2 is 1.87 bits per heavy atom. The predicted molar refractivity (Wildman–Crippen MR) is 57.1 cm³/mol.